The second-order valence-electron chi connectivity index (χ2n) is 1.62. The van der Waals surface area contributed by atoms with Gasteiger partial charge in [0.15, 0.2) is 5.84 Å². The molecule has 1 rings (SSSR count). The highest BCUT2D eigenvalue weighted by Gasteiger charge is 1.95. The Balaban J connectivity index is 2.96. The summed E-state index contributed by atoms with van der Waals surface area (Å²) in [4.78, 5) is 0. The number of hydrogen-bond acceptors (Lipinski definition) is 4. The molecule has 0 aliphatic carbocycles. The molecule has 52 valence electrons. The standard InChI is InChI=1S/C5H7N5/c6-5(9-7)4-2-1-3-8-10-4/h1-3H,7H2,(H2,6,9). The second kappa shape index (κ2) is 2.77. The Kier molecular flexibility index (Phi) is 1.79. The first-order valence-corrected chi connectivity index (χ1v) is 2.66. The van der Waals surface area contributed by atoms with Gasteiger partial charge in [0.05, 0.1) is 0 Å². The lowest BCUT2D eigenvalue weighted by molar-refractivity contribution is 1.01. The van der Waals surface area contributed by atoms with Crippen LogP contribution in [-0.2, 0) is 0 Å². The van der Waals surface area contributed by atoms with Gasteiger partial charge in [-0.25, -0.2) is 0 Å². The van der Waals surface area contributed by atoms with Crippen LogP contribution in [0.4, 0.5) is 0 Å². The summed E-state index contributed by atoms with van der Waals surface area (Å²) in [7, 11) is 0. The number of nitrogens with zero attached hydrogens (tertiary/aromatic N) is 3. The Hall–Kier alpha value is -1.65. The van der Waals surface area contributed by atoms with E-state index < -0.39 is 0 Å². The maximum Gasteiger partial charge on any atom is 0.170 e. The fourth-order valence-electron chi connectivity index (χ4n) is 0.504. The third-order valence-corrected chi connectivity index (χ3v) is 0.974. The third-order valence-electron chi connectivity index (χ3n) is 0.974. The van der Waals surface area contributed by atoms with E-state index in [1.54, 1.807) is 18.3 Å². The average molecular weight is 137 g/mol. The first-order valence-electron chi connectivity index (χ1n) is 2.66. The van der Waals surface area contributed by atoms with Crippen molar-refractivity contribution in [2.75, 3.05) is 0 Å². The number of hydrogen-bond donors (Lipinski definition) is 2. The van der Waals surface area contributed by atoms with Gasteiger partial charge in [0, 0.05) is 6.20 Å². The SMILES string of the molecule is N/N=C(/N)c1cccnn1. The van der Waals surface area contributed by atoms with Crippen LogP contribution in [0.2, 0.25) is 0 Å². The van der Waals surface area contributed by atoms with E-state index in [1.807, 2.05) is 0 Å². The number of amidine groups is 1. The van der Waals surface area contributed by atoms with E-state index in [9.17, 15) is 0 Å². The maximum atomic E-state index is 5.32. The van der Waals surface area contributed by atoms with Crippen LogP contribution < -0.4 is 11.6 Å². The van der Waals surface area contributed by atoms with Crippen molar-refractivity contribution in [3.05, 3.63) is 24.0 Å². The quantitative estimate of drug-likeness (QED) is 0.226. The molecule has 0 aliphatic heterocycles. The Morgan fingerprint density at radius 3 is 2.90 bits per heavy atom. The fraction of sp³-hybridized carbons (Fsp3) is 0. The van der Waals surface area contributed by atoms with Gasteiger partial charge in [0.1, 0.15) is 5.69 Å². The van der Waals surface area contributed by atoms with E-state index in [-0.39, 0.29) is 5.84 Å². The maximum absolute atomic E-state index is 5.32. The van der Waals surface area contributed by atoms with Crippen molar-refractivity contribution in [1.29, 1.82) is 0 Å². The predicted molar refractivity (Wildman–Crippen MR) is 36.9 cm³/mol. The third kappa shape index (κ3) is 1.19. The highest BCUT2D eigenvalue weighted by atomic mass is 15.2. The smallest absolute Gasteiger partial charge is 0.170 e. The van der Waals surface area contributed by atoms with Gasteiger partial charge in [-0.1, -0.05) is 0 Å². The van der Waals surface area contributed by atoms with Crippen molar-refractivity contribution in [3.63, 3.8) is 0 Å². The van der Waals surface area contributed by atoms with Crippen molar-refractivity contribution in [1.82, 2.24) is 10.2 Å². The molecule has 0 fully saturated rings. The summed E-state index contributed by atoms with van der Waals surface area (Å²) in [5, 5.41) is 10.5. The molecule has 4 N–H and O–H groups in total. The molecule has 5 heteroatoms. The zero-order valence-corrected chi connectivity index (χ0v) is 5.23. The molecule has 0 bridgehead atoms. The Morgan fingerprint density at radius 1 is 1.60 bits per heavy atom. The average Bonchev–Trinajstić information content (AvgIpc) is 2.05. The van der Waals surface area contributed by atoms with Crippen LogP contribution in [0.15, 0.2) is 23.4 Å². The van der Waals surface area contributed by atoms with Crippen molar-refractivity contribution in [2.24, 2.45) is 16.7 Å². The monoisotopic (exact) mass is 137 g/mol. The van der Waals surface area contributed by atoms with Crippen LogP contribution in [0.3, 0.4) is 0 Å². The lowest BCUT2D eigenvalue weighted by Crippen LogP contribution is -2.17. The first-order chi connectivity index (χ1) is 4.84. The lowest BCUT2D eigenvalue weighted by atomic mass is 10.4. The van der Waals surface area contributed by atoms with Crippen molar-refractivity contribution >= 4 is 5.84 Å². The summed E-state index contributed by atoms with van der Waals surface area (Å²) in [6.07, 6.45) is 1.55. The van der Waals surface area contributed by atoms with E-state index in [0.29, 0.717) is 5.69 Å². The summed E-state index contributed by atoms with van der Waals surface area (Å²) in [5.74, 6) is 5.09. The van der Waals surface area contributed by atoms with Gasteiger partial charge >= 0.3 is 0 Å². The molecule has 0 unspecified atom stereocenters. The molecule has 0 aromatic carbocycles. The summed E-state index contributed by atoms with van der Waals surface area (Å²) < 4.78 is 0. The molecular weight excluding hydrogens is 130 g/mol. The van der Waals surface area contributed by atoms with Crippen molar-refractivity contribution in [3.8, 4) is 0 Å². The van der Waals surface area contributed by atoms with Gasteiger partial charge in [-0.05, 0) is 12.1 Å². The minimum absolute atomic E-state index is 0.188. The van der Waals surface area contributed by atoms with E-state index in [0.717, 1.165) is 0 Å². The Morgan fingerprint density at radius 2 is 2.40 bits per heavy atom. The molecule has 1 aromatic heterocycles. The molecule has 1 heterocycles. The van der Waals surface area contributed by atoms with Crippen LogP contribution in [0.25, 0.3) is 0 Å². The van der Waals surface area contributed by atoms with Gasteiger partial charge in [-0.15, -0.1) is 5.10 Å². The van der Waals surface area contributed by atoms with E-state index in [1.165, 1.54) is 0 Å². The van der Waals surface area contributed by atoms with E-state index in [2.05, 4.69) is 15.3 Å². The normalized spacial score (nSPS) is 11.4. The number of nitrogens with two attached hydrogens (primary N) is 2. The molecule has 0 saturated heterocycles. The molecule has 0 aliphatic rings. The molecule has 10 heavy (non-hydrogen) atoms. The zero-order valence-electron chi connectivity index (χ0n) is 5.23. The van der Waals surface area contributed by atoms with Gasteiger partial charge in [0.25, 0.3) is 0 Å². The first kappa shape index (κ1) is 6.47. The highest BCUT2D eigenvalue weighted by molar-refractivity contribution is 5.95. The summed E-state index contributed by atoms with van der Waals surface area (Å²) in [6, 6.07) is 3.39. The molecular formula is C5H7N5. The molecule has 5 nitrogen and oxygen atoms in total. The molecule has 0 saturated carbocycles. The fourth-order valence-corrected chi connectivity index (χ4v) is 0.504. The second-order valence-corrected chi connectivity index (χ2v) is 1.62. The van der Waals surface area contributed by atoms with Gasteiger partial charge in [-0.3, -0.25) is 0 Å². The van der Waals surface area contributed by atoms with Crippen LogP contribution in [-0.4, -0.2) is 16.0 Å². The van der Waals surface area contributed by atoms with Gasteiger partial charge in [-0.2, -0.15) is 10.2 Å². The summed E-state index contributed by atoms with van der Waals surface area (Å²) in [6.45, 7) is 0. The van der Waals surface area contributed by atoms with E-state index >= 15 is 0 Å². The summed E-state index contributed by atoms with van der Waals surface area (Å²) >= 11 is 0. The number of rotatable bonds is 1. The largest absolute Gasteiger partial charge is 0.380 e. The minimum Gasteiger partial charge on any atom is -0.380 e. The van der Waals surface area contributed by atoms with Gasteiger partial charge < -0.3 is 11.6 Å². The van der Waals surface area contributed by atoms with Crippen LogP contribution in [0.5, 0.6) is 0 Å². The Bertz CT molecular complexity index is 229. The summed E-state index contributed by atoms with van der Waals surface area (Å²) in [5.41, 5.74) is 5.81. The zero-order chi connectivity index (χ0) is 7.40. The van der Waals surface area contributed by atoms with E-state index in [4.69, 9.17) is 11.6 Å². The Labute approximate surface area is 57.7 Å². The molecule has 0 amide bonds. The molecule has 0 spiro atoms. The molecule has 1 aromatic rings. The lowest BCUT2D eigenvalue weighted by Gasteiger charge is -1.92. The number of hydrazone groups is 1. The molecule has 0 atom stereocenters. The topological polar surface area (TPSA) is 90.2 Å². The van der Waals surface area contributed by atoms with Crippen LogP contribution in [0.1, 0.15) is 5.69 Å². The van der Waals surface area contributed by atoms with Crippen molar-refractivity contribution < 1.29 is 0 Å². The van der Waals surface area contributed by atoms with Gasteiger partial charge in [0.2, 0.25) is 0 Å². The predicted octanol–water partition coefficient (Wildman–Crippen LogP) is -0.944. The number of aromatic nitrogens is 2. The highest BCUT2D eigenvalue weighted by Crippen LogP contribution is 1.87. The van der Waals surface area contributed by atoms with Crippen LogP contribution in [0, 0.1) is 0 Å². The van der Waals surface area contributed by atoms with Crippen LogP contribution >= 0.6 is 0 Å². The minimum atomic E-state index is 0.188. The van der Waals surface area contributed by atoms with Crippen molar-refractivity contribution in [2.45, 2.75) is 0 Å². The molecule has 0 radical (unpaired) electrons.